The number of likely N-dealkylation sites (N-methyl/N-ethyl adjacent to an activating group) is 1. The fraction of sp³-hybridized carbons (Fsp3) is 0.381. The molecule has 1 aliphatic rings. The number of benzene rings is 2. The molecule has 174 valence electrons. The number of hydrogen-bond donors (Lipinski definition) is 1. The van der Waals surface area contributed by atoms with Gasteiger partial charge in [0.2, 0.25) is 10.0 Å². The molecule has 1 amide bonds. The summed E-state index contributed by atoms with van der Waals surface area (Å²) in [6, 6.07) is 9.70. The Morgan fingerprint density at radius 3 is 2.28 bits per heavy atom. The summed E-state index contributed by atoms with van der Waals surface area (Å²) in [6.45, 7) is 2.15. The molecule has 32 heavy (non-hydrogen) atoms. The summed E-state index contributed by atoms with van der Waals surface area (Å²) in [7, 11) is -2.34. The van der Waals surface area contributed by atoms with Gasteiger partial charge in [-0.2, -0.15) is 13.1 Å². The topological polar surface area (TPSA) is 88.2 Å². The summed E-state index contributed by atoms with van der Waals surface area (Å²) in [5.41, 5.74) is 0.547. The van der Waals surface area contributed by atoms with Crippen molar-refractivity contribution in [1.29, 1.82) is 0 Å². The van der Waals surface area contributed by atoms with E-state index in [4.69, 9.17) is 4.74 Å². The fourth-order valence-corrected chi connectivity index (χ4v) is 4.77. The van der Waals surface area contributed by atoms with Crippen molar-refractivity contribution < 1.29 is 31.5 Å². The summed E-state index contributed by atoms with van der Waals surface area (Å²) in [5.74, 6) is -0.714. The molecular weight excluding hydrogens is 444 g/mol. The van der Waals surface area contributed by atoms with E-state index in [2.05, 4.69) is 15.0 Å². The van der Waals surface area contributed by atoms with E-state index in [1.54, 1.807) is 0 Å². The summed E-state index contributed by atoms with van der Waals surface area (Å²) >= 11 is 0. The van der Waals surface area contributed by atoms with Gasteiger partial charge in [0.15, 0.2) is 11.5 Å². The van der Waals surface area contributed by atoms with E-state index >= 15 is 0 Å². The van der Waals surface area contributed by atoms with Crippen molar-refractivity contribution in [2.75, 3.05) is 45.2 Å². The summed E-state index contributed by atoms with van der Waals surface area (Å²) in [5, 5.41) is 2.64. The van der Waals surface area contributed by atoms with Crippen LogP contribution in [0.5, 0.6) is 11.5 Å². The number of sulfonamides is 1. The number of carbonyl (C=O) groups excluding carboxylic acids is 1. The smallest absolute Gasteiger partial charge is 0.387 e. The Bertz CT molecular complexity index is 1040. The Hall–Kier alpha value is -2.76. The molecule has 0 aromatic heterocycles. The van der Waals surface area contributed by atoms with Crippen molar-refractivity contribution in [3.63, 3.8) is 0 Å². The lowest BCUT2D eigenvalue weighted by atomic mass is 10.2. The van der Waals surface area contributed by atoms with Gasteiger partial charge in [0.05, 0.1) is 12.0 Å². The van der Waals surface area contributed by atoms with Crippen molar-refractivity contribution >= 4 is 21.6 Å². The van der Waals surface area contributed by atoms with Crippen LogP contribution in [0.2, 0.25) is 0 Å². The molecule has 1 heterocycles. The van der Waals surface area contributed by atoms with Gasteiger partial charge in [0.25, 0.3) is 5.91 Å². The van der Waals surface area contributed by atoms with Crippen LogP contribution >= 0.6 is 0 Å². The molecule has 11 heteroatoms. The molecule has 2 aromatic carbocycles. The van der Waals surface area contributed by atoms with Crippen LogP contribution in [0.25, 0.3) is 0 Å². The van der Waals surface area contributed by atoms with Gasteiger partial charge in [-0.1, -0.05) is 6.92 Å². The van der Waals surface area contributed by atoms with Crippen LogP contribution in [-0.2, 0) is 10.0 Å². The average Bonchev–Trinajstić information content (AvgIpc) is 2.79. The number of carbonyl (C=O) groups is 1. The van der Waals surface area contributed by atoms with E-state index in [1.165, 1.54) is 53.9 Å². The molecule has 0 saturated carbocycles. The minimum Gasteiger partial charge on any atom is -0.493 e. The largest absolute Gasteiger partial charge is 0.493 e. The van der Waals surface area contributed by atoms with Gasteiger partial charge in [0, 0.05) is 37.4 Å². The SMILES string of the molecule is CCN1CCN(S(=O)(=O)c2ccc(NC(=O)c3ccc(OC(F)F)c(OC)c3)cc2)CC1. The number of amides is 1. The molecule has 3 rings (SSSR count). The molecule has 2 aromatic rings. The van der Waals surface area contributed by atoms with Gasteiger partial charge < -0.3 is 19.7 Å². The van der Waals surface area contributed by atoms with Crippen LogP contribution < -0.4 is 14.8 Å². The predicted octanol–water partition coefficient (Wildman–Crippen LogP) is 2.88. The second-order valence-electron chi connectivity index (χ2n) is 7.06. The Balaban J connectivity index is 1.68. The van der Waals surface area contributed by atoms with Gasteiger partial charge in [-0.15, -0.1) is 0 Å². The lowest BCUT2D eigenvalue weighted by Crippen LogP contribution is -2.48. The number of piperazine rings is 1. The van der Waals surface area contributed by atoms with Crippen LogP contribution in [0.4, 0.5) is 14.5 Å². The maximum absolute atomic E-state index is 12.9. The van der Waals surface area contributed by atoms with E-state index in [-0.39, 0.29) is 22.0 Å². The number of ether oxygens (including phenoxy) is 2. The molecule has 1 fully saturated rings. The van der Waals surface area contributed by atoms with Crippen LogP contribution in [-0.4, -0.2) is 70.0 Å². The Labute approximate surface area is 185 Å². The zero-order valence-corrected chi connectivity index (χ0v) is 18.6. The quantitative estimate of drug-likeness (QED) is 0.640. The molecule has 1 aliphatic heterocycles. The molecule has 0 bridgehead atoms. The monoisotopic (exact) mass is 469 g/mol. The van der Waals surface area contributed by atoms with Crippen LogP contribution in [0.1, 0.15) is 17.3 Å². The second kappa shape index (κ2) is 10.2. The highest BCUT2D eigenvalue weighted by molar-refractivity contribution is 7.89. The van der Waals surface area contributed by atoms with Crippen LogP contribution in [0.15, 0.2) is 47.4 Å². The number of nitrogens with one attached hydrogen (secondary N) is 1. The van der Waals surface area contributed by atoms with E-state index in [9.17, 15) is 22.0 Å². The van der Waals surface area contributed by atoms with Crippen molar-refractivity contribution in [2.24, 2.45) is 0 Å². The highest BCUT2D eigenvalue weighted by Crippen LogP contribution is 2.30. The number of halogens is 2. The molecule has 0 unspecified atom stereocenters. The van der Waals surface area contributed by atoms with Crippen LogP contribution in [0, 0.1) is 0 Å². The van der Waals surface area contributed by atoms with Crippen molar-refractivity contribution in [2.45, 2.75) is 18.4 Å². The minimum atomic E-state index is -3.61. The number of hydrogen-bond acceptors (Lipinski definition) is 6. The van der Waals surface area contributed by atoms with Crippen LogP contribution in [0.3, 0.4) is 0 Å². The Kier molecular flexibility index (Phi) is 7.64. The maximum atomic E-state index is 12.9. The molecule has 0 atom stereocenters. The van der Waals surface area contributed by atoms with Crippen molar-refractivity contribution in [3.05, 3.63) is 48.0 Å². The molecule has 1 saturated heterocycles. The first-order valence-electron chi connectivity index (χ1n) is 10.0. The second-order valence-corrected chi connectivity index (χ2v) is 9.00. The lowest BCUT2D eigenvalue weighted by Gasteiger charge is -2.33. The molecular formula is C21H25F2N3O5S. The van der Waals surface area contributed by atoms with Crippen molar-refractivity contribution in [1.82, 2.24) is 9.21 Å². The maximum Gasteiger partial charge on any atom is 0.387 e. The van der Waals surface area contributed by atoms with E-state index in [0.29, 0.717) is 31.9 Å². The third-order valence-corrected chi connectivity index (χ3v) is 7.08. The Morgan fingerprint density at radius 2 is 1.72 bits per heavy atom. The number of nitrogens with zero attached hydrogens (tertiary/aromatic N) is 2. The van der Waals surface area contributed by atoms with E-state index in [1.807, 2.05) is 6.92 Å². The molecule has 1 N–H and O–H groups in total. The zero-order valence-electron chi connectivity index (χ0n) is 17.8. The Morgan fingerprint density at radius 1 is 1.06 bits per heavy atom. The first-order valence-corrected chi connectivity index (χ1v) is 11.5. The van der Waals surface area contributed by atoms with Gasteiger partial charge in [-0.05, 0) is 49.0 Å². The predicted molar refractivity (Wildman–Crippen MR) is 115 cm³/mol. The number of rotatable bonds is 8. The van der Waals surface area contributed by atoms with E-state index in [0.717, 1.165) is 6.54 Å². The zero-order chi connectivity index (χ0) is 23.3. The molecule has 0 spiro atoms. The molecule has 8 nitrogen and oxygen atoms in total. The minimum absolute atomic E-state index is 0.0115. The van der Waals surface area contributed by atoms with E-state index < -0.39 is 22.5 Å². The fourth-order valence-electron chi connectivity index (χ4n) is 3.35. The van der Waals surface area contributed by atoms with Gasteiger partial charge >= 0.3 is 6.61 Å². The third kappa shape index (κ3) is 5.53. The molecule has 0 radical (unpaired) electrons. The standard InChI is InChI=1S/C21H25F2N3O5S/c1-3-25-10-12-26(13-11-25)32(28,29)17-7-5-16(6-8-17)24-20(27)15-4-9-18(31-21(22)23)19(14-15)30-2/h4-9,14,21H,3,10-13H2,1-2H3,(H,24,27). The summed E-state index contributed by atoms with van der Waals surface area (Å²) in [6.07, 6.45) is 0. The molecule has 0 aliphatic carbocycles. The average molecular weight is 470 g/mol. The first-order chi connectivity index (χ1) is 15.2. The number of methoxy groups -OCH3 is 1. The number of anilines is 1. The first kappa shape index (κ1) is 23.9. The van der Waals surface area contributed by atoms with Gasteiger partial charge in [-0.25, -0.2) is 8.42 Å². The highest BCUT2D eigenvalue weighted by atomic mass is 32.2. The van der Waals surface area contributed by atoms with Crippen molar-refractivity contribution in [3.8, 4) is 11.5 Å². The summed E-state index contributed by atoms with van der Waals surface area (Å²) in [4.78, 5) is 14.9. The third-order valence-electron chi connectivity index (χ3n) is 5.17. The number of alkyl halides is 2. The van der Waals surface area contributed by atoms with Gasteiger partial charge in [0.1, 0.15) is 0 Å². The summed E-state index contributed by atoms with van der Waals surface area (Å²) < 4.78 is 61.4. The normalized spacial score (nSPS) is 15.5. The highest BCUT2D eigenvalue weighted by Gasteiger charge is 2.28. The lowest BCUT2D eigenvalue weighted by molar-refractivity contribution is -0.0512. The van der Waals surface area contributed by atoms with Gasteiger partial charge in [-0.3, -0.25) is 4.79 Å².